The van der Waals surface area contributed by atoms with Gasteiger partial charge in [0.05, 0.1) is 11.2 Å². The second-order valence-electron chi connectivity index (χ2n) is 5.34. The molecule has 0 aromatic heterocycles. The number of hydrogen-bond acceptors (Lipinski definition) is 4. The number of rotatable bonds is 6. The Balaban J connectivity index is 1.96. The second-order valence-corrected chi connectivity index (χ2v) is 7.76. The van der Waals surface area contributed by atoms with E-state index in [1.54, 1.807) is 24.3 Å². The summed E-state index contributed by atoms with van der Waals surface area (Å²) >= 11 is 4.72. The first-order valence-electron chi connectivity index (χ1n) is 7.21. The first-order valence-corrected chi connectivity index (χ1v) is 8.95. The van der Waals surface area contributed by atoms with Crippen LogP contribution in [0.1, 0.15) is 48.9 Å². The Kier molecular flexibility index (Phi) is 6.30. The van der Waals surface area contributed by atoms with E-state index in [0.29, 0.717) is 10.8 Å². The fraction of sp³-hybridized carbons (Fsp3) is 0.500. The maximum Gasteiger partial charge on any atom is 0.164 e. The van der Waals surface area contributed by atoms with Gasteiger partial charge in [0, 0.05) is 21.7 Å². The van der Waals surface area contributed by atoms with Crippen molar-refractivity contribution in [1.82, 2.24) is 0 Å². The molecule has 2 rings (SSSR count). The molecule has 1 aliphatic rings. The van der Waals surface area contributed by atoms with Crippen molar-refractivity contribution < 1.29 is 14.7 Å². The van der Waals surface area contributed by atoms with Crippen LogP contribution in [0.3, 0.4) is 0 Å². The summed E-state index contributed by atoms with van der Waals surface area (Å²) in [6.45, 7) is 0. The molecule has 21 heavy (non-hydrogen) atoms. The van der Waals surface area contributed by atoms with E-state index in [1.165, 1.54) is 18.2 Å². The summed E-state index contributed by atoms with van der Waals surface area (Å²) in [4.78, 5) is 23.5. The molecule has 0 radical (unpaired) electrons. The number of ketones is 1. The number of benzene rings is 1. The average Bonchev–Trinajstić information content (AvgIpc) is 2.48. The number of hydrogen-bond donors (Lipinski definition) is 0. The molecule has 1 saturated carbocycles. The van der Waals surface area contributed by atoms with Crippen molar-refractivity contribution in [1.29, 1.82) is 0 Å². The highest BCUT2D eigenvalue weighted by Crippen LogP contribution is 2.32. The van der Waals surface area contributed by atoms with E-state index in [0.717, 1.165) is 30.2 Å². The molecule has 1 fully saturated rings. The molecule has 114 valence electrons. The van der Waals surface area contributed by atoms with Crippen LogP contribution in [0.25, 0.3) is 0 Å². The lowest BCUT2D eigenvalue weighted by molar-refractivity contribution is -0.304. The van der Waals surface area contributed by atoms with E-state index < -0.39 is 11.2 Å². The average molecular weight is 370 g/mol. The lowest BCUT2D eigenvalue weighted by Gasteiger charge is -2.26. The van der Waals surface area contributed by atoms with Crippen LogP contribution >= 0.6 is 27.7 Å². The number of carboxylic acids is 1. The van der Waals surface area contributed by atoms with Gasteiger partial charge in [-0.25, -0.2) is 0 Å². The number of halogens is 1. The molecule has 1 aromatic carbocycles. The largest absolute Gasteiger partial charge is 0.549 e. The van der Waals surface area contributed by atoms with E-state index in [4.69, 9.17) is 0 Å². The van der Waals surface area contributed by atoms with Crippen molar-refractivity contribution in [2.75, 3.05) is 0 Å². The maximum atomic E-state index is 12.2. The number of carboxylic acid groups (broad SMARTS) is 1. The second kappa shape index (κ2) is 7.99. The summed E-state index contributed by atoms with van der Waals surface area (Å²) in [5.74, 6) is -1.27. The van der Waals surface area contributed by atoms with E-state index >= 15 is 0 Å². The van der Waals surface area contributed by atoms with Crippen molar-refractivity contribution in [3.05, 3.63) is 34.3 Å². The molecule has 0 heterocycles. The van der Waals surface area contributed by atoms with Gasteiger partial charge in [-0.1, -0.05) is 47.3 Å². The smallest absolute Gasteiger partial charge is 0.164 e. The molecular weight excluding hydrogens is 352 g/mol. The van der Waals surface area contributed by atoms with E-state index in [2.05, 4.69) is 15.9 Å². The zero-order valence-corrected chi connectivity index (χ0v) is 14.1. The highest BCUT2D eigenvalue weighted by molar-refractivity contribution is 9.10. The van der Waals surface area contributed by atoms with Crippen LogP contribution in [-0.4, -0.2) is 22.3 Å². The first kappa shape index (κ1) is 16.6. The maximum absolute atomic E-state index is 12.2. The summed E-state index contributed by atoms with van der Waals surface area (Å²) in [5.41, 5.74) is 0.550. The molecule has 1 aliphatic carbocycles. The Morgan fingerprint density at radius 1 is 1.19 bits per heavy atom. The zero-order chi connectivity index (χ0) is 15.2. The Labute approximate surface area is 137 Å². The van der Waals surface area contributed by atoms with Crippen LogP contribution in [0.4, 0.5) is 0 Å². The number of carbonyl (C=O) groups is 2. The molecule has 1 atom stereocenters. The topological polar surface area (TPSA) is 57.2 Å². The summed E-state index contributed by atoms with van der Waals surface area (Å²) in [6, 6.07) is 7.00. The summed E-state index contributed by atoms with van der Waals surface area (Å²) in [5, 5.41) is 10.9. The van der Waals surface area contributed by atoms with Gasteiger partial charge in [0.1, 0.15) is 0 Å². The van der Waals surface area contributed by atoms with Gasteiger partial charge in [0.15, 0.2) is 5.78 Å². The lowest BCUT2D eigenvalue weighted by Crippen LogP contribution is -2.36. The lowest BCUT2D eigenvalue weighted by atomic mass is 10.0. The molecule has 0 spiro atoms. The third kappa shape index (κ3) is 5.15. The Morgan fingerprint density at radius 3 is 2.38 bits per heavy atom. The van der Waals surface area contributed by atoms with Gasteiger partial charge in [0.25, 0.3) is 0 Å². The number of thioether (sulfide) groups is 1. The minimum atomic E-state index is -1.13. The number of carbonyl (C=O) groups excluding carboxylic acids is 2. The predicted molar refractivity (Wildman–Crippen MR) is 86.3 cm³/mol. The summed E-state index contributed by atoms with van der Waals surface area (Å²) in [7, 11) is 0. The van der Waals surface area contributed by atoms with Crippen LogP contribution in [0.5, 0.6) is 0 Å². The van der Waals surface area contributed by atoms with Crippen LogP contribution in [0.15, 0.2) is 28.7 Å². The quantitative estimate of drug-likeness (QED) is 0.722. The first-order chi connectivity index (χ1) is 10.1. The minimum absolute atomic E-state index is 0.00509. The molecule has 1 aromatic rings. The number of Topliss-reactive ketones (excluding diaryl/α,β-unsaturated/α-hetero) is 1. The van der Waals surface area contributed by atoms with E-state index in [9.17, 15) is 14.7 Å². The van der Waals surface area contributed by atoms with E-state index in [1.807, 2.05) is 0 Å². The minimum Gasteiger partial charge on any atom is -0.549 e. The van der Waals surface area contributed by atoms with Crippen LogP contribution < -0.4 is 5.11 Å². The normalized spacial score (nSPS) is 17.4. The van der Waals surface area contributed by atoms with Crippen molar-refractivity contribution in [3.8, 4) is 0 Å². The zero-order valence-electron chi connectivity index (χ0n) is 11.7. The van der Waals surface area contributed by atoms with Gasteiger partial charge in [-0.3, -0.25) is 4.79 Å². The molecule has 0 bridgehead atoms. The standard InChI is InChI=1S/C16H19BrO3S/c17-12-8-6-11(7-9-12)14(18)10-15(16(19)20)21-13-4-2-1-3-5-13/h6-9,13,15H,1-5,10H2,(H,19,20)/p-1/t15-/m1/s1. The highest BCUT2D eigenvalue weighted by atomic mass is 79.9. The van der Waals surface area contributed by atoms with Gasteiger partial charge in [-0.2, -0.15) is 0 Å². The summed E-state index contributed by atoms with van der Waals surface area (Å²) < 4.78 is 0.895. The van der Waals surface area contributed by atoms with Crippen LogP contribution in [0, 0.1) is 0 Å². The SMILES string of the molecule is O=C(C[C@@H](SC1CCCCC1)C(=O)[O-])c1ccc(Br)cc1. The molecule has 0 aliphatic heterocycles. The third-order valence-corrected chi connectivity index (χ3v) is 5.78. The Morgan fingerprint density at radius 2 is 1.81 bits per heavy atom. The molecule has 0 saturated heterocycles. The van der Waals surface area contributed by atoms with Gasteiger partial charge in [-0.15, -0.1) is 11.8 Å². The number of aliphatic carboxylic acids is 1. The molecular formula is C16H18BrO3S-. The molecule has 3 nitrogen and oxygen atoms in total. The molecule has 0 unspecified atom stereocenters. The molecule has 5 heteroatoms. The predicted octanol–water partition coefficient (Wildman–Crippen LogP) is 3.21. The van der Waals surface area contributed by atoms with Crippen molar-refractivity contribution in [3.63, 3.8) is 0 Å². The van der Waals surface area contributed by atoms with Gasteiger partial charge >= 0.3 is 0 Å². The fourth-order valence-corrected chi connectivity index (χ4v) is 4.24. The highest BCUT2D eigenvalue weighted by Gasteiger charge is 2.23. The van der Waals surface area contributed by atoms with Gasteiger partial charge in [-0.05, 0) is 25.0 Å². The van der Waals surface area contributed by atoms with E-state index in [-0.39, 0.29) is 12.2 Å². The van der Waals surface area contributed by atoms with Crippen molar-refractivity contribution in [2.45, 2.75) is 49.0 Å². The Hall–Kier alpha value is -0.810. The van der Waals surface area contributed by atoms with Crippen LogP contribution in [-0.2, 0) is 4.79 Å². The molecule has 0 amide bonds. The fourth-order valence-electron chi connectivity index (χ4n) is 2.54. The third-order valence-electron chi connectivity index (χ3n) is 3.71. The van der Waals surface area contributed by atoms with Gasteiger partial charge < -0.3 is 9.90 Å². The summed E-state index contributed by atoms with van der Waals surface area (Å²) in [6.07, 6.45) is 5.62. The van der Waals surface area contributed by atoms with Crippen molar-refractivity contribution >= 4 is 39.4 Å². The molecule has 0 N–H and O–H groups in total. The Bertz CT molecular complexity index is 495. The monoisotopic (exact) mass is 369 g/mol. The van der Waals surface area contributed by atoms with Gasteiger partial charge in [0.2, 0.25) is 0 Å². The van der Waals surface area contributed by atoms with Crippen LogP contribution in [0.2, 0.25) is 0 Å². The van der Waals surface area contributed by atoms with Crippen molar-refractivity contribution in [2.24, 2.45) is 0 Å².